The summed E-state index contributed by atoms with van der Waals surface area (Å²) >= 11 is 5.83. The van der Waals surface area contributed by atoms with Gasteiger partial charge in [0.2, 0.25) is 0 Å². The zero-order valence-electron chi connectivity index (χ0n) is 7.42. The second-order valence-corrected chi connectivity index (χ2v) is 3.45. The molecule has 0 aromatic heterocycles. The van der Waals surface area contributed by atoms with Gasteiger partial charge in [-0.2, -0.15) is 0 Å². The molecule has 0 saturated carbocycles. The van der Waals surface area contributed by atoms with Crippen molar-refractivity contribution >= 4 is 17.3 Å². The lowest BCUT2D eigenvalue weighted by molar-refractivity contribution is 0.268. The molecule has 3 nitrogen and oxygen atoms in total. The van der Waals surface area contributed by atoms with E-state index >= 15 is 0 Å². The van der Waals surface area contributed by atoms with Gasteiger partial charge in [0.15, 0.2) is 0 Å². The first kappa shape index (κ1) is 10.3. The van der Waals surface area contributed by atoms with Crippen molar-refractivity contribution in [1.29, 1.82) is 0 Å². The van der Waals surface area contributed by atoms with Gasteiger partial charge in [-0.1, -0.05) is 11.6 Å². The second-order valence-electron chi connectivity index (χ2n) is 3.01. The largest absolute Gasteiger partial charge is 0.398 e. The molecule has 5 N–H and O–H groups in total. The number of anilines is 1. The van der Waals surface area contributed by atoms with E-state index in [2.05, 4.69) is 0 Å². The van der Waals surface area contributed by atoms with Crippen molar-refractivity contribution in [3.63, 3.8) is 0 Å². The topological polar surface area (TPSA) is 72.3 Å². The van der Waals surface area contributed by atoms with Crippen LogP contribution in [0.3, 0.4) is 0 Å². The van der Waals surface area contributed by atoms with Gasteiger partial charge in [-0.15, -0.1) is 0 Å². The number of hydrogen-bond donors (Lipinski definition) is 3. The maximum Gasteiger partial charge on any atom is 0.0625 e. The Morgan fingerprint density at radius 2 is 2.15 bits per heavy atom. The summed E-state index contributed by atoms with van der Waals surface area (Å²) in [5, 5.41) is 9.46. The molecule has 0 amide bonds. The number of aliphatic hydroxyl groups excluding tert-OH is 1. The Labute approximate surface area is 82.3 Å². The van der Waals surface area contributed by atoms with E-state index in [0.29, 0.717) is 16.3 Å². The molecule has 0 aliphatic heterocycles. The standard InChI is InChI=1S/C9H13ClN2O/c1-5-2-6(10)3-7(9(5)12)8(11)4-13/h2-3,8,13H,4,11-12H2,1H3/t8-/m0/s1. The number of halogens is 1. The molecular formula is C9H13ClN2O. The molecule has 1 rings (SSSR count). The van der Waals surface area contributed by atoms with Crippen LogP contribution in [-0.2, 0) is 0 Å². The lowest BCUT2D eigenvalue weighted by Crippen LogP contribution is -2.16. The first-order valence-corrected chi connectivity index (χ1v) is 4.36. The smallest absolute Gasteiger partial charge is 0.0625 e. The molecule has 1 atom stereocenters. The molecular weight excluding hydrogens is 188 g/mol. The molecule has 0 unspecified atom stereocenters. The highest BCUT2D eigenvalue weighted by Crippen LogP contribution is 2.26. The Bertz CT molecular complexity index is 315. The number of nitrogens with two attached hydrogens (primary N) is 2. The van der Waals surface area contributed by atoms with Gasteiger partial charge in [-0.3, -0.25) is 0 Å². The predicted molar refractivity (Wildman–Crippen MR) is 54.6 cm³/mol. The number of hydrogen-bond acceptors (Lipinski definition) is 3. The third-order valence-electron chi connectivity index (χ3n) is 1.98. The fourth-order valence-electron chi connectivity index (χ4n) is 1.19. The highest BCUT2D eigenvalue weighted by Gasteiger charge is 2.10. The van der Waals surface area contributed by atoms with Crippen LogP contribution in [0.1, 0.15) is 17.2 Å². The first-order chi connectivity index (χ1) is 6.06. The fourth-order valence-corrected chi connectivity index (χ4v) is 1.47. The summed E-state index contributed by atoms with van der Waals surface area (Å²) in [6, 6.07) is 2.99. The number of benzene rings is 1. The Balaban J connectivity index is 3.20. The molecule has 4 heteroatoms. The number of aryl methyl sites for hydroxylation is 1. The van der Waals surface area contributed by atoms with Gasteiger partial charge in [0.05, 0.1) is 12.6 Å². The fraction of sp³-hybridized carbons (Fsp3) is 0.333. The highest BCUT2D eigenvalue weighted by molar-refractivity contribution is 6.30. The third-order valence-corrected chi connectivity index (χ3v) is 2.20. The molecule has 0 aliphatic rings. The van der Waals surface area contributed by atoms with Crippen molar-refractivity contribution in [3.8, 4) is 0 Å². The third kappa shape index (κ3) is 2.12. The average molecular weight is 201 g/mol. The lowest BCUT2D eigenvalue weighted by Gasteiger charge is -2.14. The minimum absolute atomic E-state index is 0.135. The normalized spacial score (nSPS) is 12.9. The van der Waals surface area contributed by atoms with E-state index in [1.54, 1.807) is 12.1 Å². The van der Waals surface area contributed by atoms with Gasteiger partial charge in [-0.25, -0.2) is 0 Å². The van der Waals surface area contributed by atoms with Crippen LogP contribution in [0.5, 0.6) is 0 Å². The molecule has 13 heavy (non-hydrogen) atoms. The average Bonchev–Trinajstić information content (AvgIpc) is 2.10. The van der Waals surface area contributed by atoms with Crippen LogP contribution in [0.2, 0.25) is 5.02 Å². The van der Waals surface area contributed by atoms with Crippen molar-refractivity contribution in [1.82, 2.24) is 0 Å². The SMILES string of the molecule is Cc1cc(Cl)cc([C@@H](N)CO)c1N. The van der Waals surface area contributed by atoms with Crippen molar-refractivity contribution in [2.24, 2.45) is 5.73 Å². The van der Waals surface area contributed by atoms with Crippen LogP contribution in [-0.4, -0.2) is 11.7 Å². The van der Waals surface area contributed by atoms with Crippen LogP contribution in [0.25, 0.3) is 0 Å². The van der Waals surface area contributed by atoms with E-state index in [0.717, 1.165) is 5.56 Å². The summed E-state index contributed by atoms with van der Waals surface area (Å²) < 4.78 is 0. The molecule has 1 aromatic rings. The molecule has 0 spiro atoms. The zero-order valence-corrected chi connectivity index (χ0v) is 8.17. The quantitative estimate of drug-likeness (QED) is 0.629. The van der Waals surface area contributed by atoms with Crippen molar-refractivity contribution in [2.75, 3.05) is 12.3 Å². The molecule has 0 saturated heterocycles. The molecule has 1 aromatic carbocycles. The molecule has 0 bridgehead atoms. The predicted octanol–water partition coefficient (Wildman–Crippen LogP) is 1.22. The van der Waals surface area contributed by atoms with Gasteiger partial charge < -0.3 is 16.6 Å². The van der Waals surface area contributed by atoms with Gasteiger partial charge >= 0.3 is 0 Å². The highest BCUT2D eigenvalue weighted by atomic mass is 35.5. The van der Waals surface area contributed by atoms with Crippen LogP contribution in [0.4, 0.5) is 5.69 Å². The summed E-state index contributed by atoms with van der Waals surface area (Å²) in [7, 11) is 0. The summed E-state index contributed by atoms with van der Waals surface area (Å²) in [6.07, 6.45) is 0. The summed E-state index contributed by atoms with van der Waals surface area (Å²) in [5.74, 6) is 0. The number of nitrogen functional groups attached to an aromatic ring is 1. The van der Waals surface area contributed by atoms with E-state index in [9.17, 15) is 0 Å². The van der Waals surface area contributed by atoms with Gasteiger partial charge in [0.25, 0.3) is 0 Å². The van der Waals surface area contributed by atoms with Gasteiger partial charge in [0, 0.05) is 10.7 Å². The van der Waals surface area contributed by atoms with Gasteiger partial charge in [-0.05, 0) is 30.2 Å². The number of rotatable bonds is 2. The molecule has 0 fully saturated rings. The summed E-state index contributed by atoms with van der Waals surface area (Å²) in [6.45, 7) is 1.72. The Morgan fingerprint density at radius 3 is 2.69 bits per heavy atom. The van der Waals surface area contributed by atoms with Crippen LogP contribution in [0, 0.1) is 6.92 Å². The second kappa shape index (κ2) is 3.96. The van der Waals surface area contributed by atoms with E-state index in [-0.39, 0.29) is 6.61 Å². The number of aliphatic hydroxyl groups is 1. The van der Waals surface area contributed by atoms with Crippen LogP contribution < -0.4 is 11.5 Å². The first-order valence-electron chi connectivity index (χ1n) is 3.98. The lowest BCUT2D eigenvalue weighted by atomic mass is 10.0. The minimum Gasteiger partial charge on any atom is -0.398 e. The molecule has 0 aliphatic carbocycles. The zero-order chi connectivity index (χ0) is 10.0. The van der Waals surface area contributed by atoms with Crippen LogP contribution in [0.15, 0.2) is 12.1 Å². The van der Waals surface area contributed by atoms with E-state index in [1.165, 1.54) is 0 Å². The molecule has 0 radical (unpaired) electrons. The van der Waals surface area contributed by atoms with Crippen molar-refractivity contribution in [3.05, 3.63) is 28.3 Å². The Hall–Kier alpha value is -0.770. The van der Waals surface area contributed by atoms with E-state index < -0.39 is 6.04 Å². The minimum atomic E-state index is -0.461. The van der Waals surface area contributed by atoms with E-state index in [4.69, 9.17) is 28.2 Å². The van der Waals surface area contributed by atoms with Crippen molar-refractivity contribution in [2.45, 2.75) is 13.0 Å². The van der Waals surface area contributed by atoms with Crippen LogP contribution >= 0.6 is 11.6 Å². The monoisotopic (exact) mass is 200 g/mol. The Morgan fingerprint density at radius 1 is 1.54 bits per heavy atom. The molecule has 72 valence electrons. The molecule has 0 heterocycles. The summed E-state index contributed by atoms with van der Waals surface area (Å²) in [4.78, 5) is 0. The maximum atomic E-state index is 8.87. The summed E-state index contributed by atoms with van der Waals surface area (Å²) in [5.41, 5.74) is 13.6. The van der Waals surface area contributed by atoms with Gasteiger partial charge in [0.1, 0.15) is 0 Å². The van der Waals surface area contributed by atoms with Crippen molar-refractivity contribution < 1.29 is 5.11 Å². The van der Waals surface area contributed by atoms with E-state index in [1.807, 2.05) is 6.92 Å². The maximum absolute atomic E-state index is 8.87. The Kier molecular flexibility index (Phi) is 3.14.